The van der Waals surface area contributed by atoms with Gasteiger partial charge < -0.3 is 9.84 Å². The SMILES string of the molecule is OCc1cncc(OC2CCCCC2)n1. The van der Waals surface area contributed by atoms with Crippen molar-refractivity contribution in [3.8, 4) is 5.88 Å². The van der Waals surface area contributed by atoms with E-state index in [1.807, 2.05) is 0 Å². The van der Waals surface area contributed by atoms with E-state index in [0.29, 0.717) is 11.6 Å². The molecule has 1 aliphatic rings. The van der Waals surface area contributed by atoms with E-state index in [0.717, 1.165) is 12.8 Å². The molecule has 1 N–H and O–H groups in total. The van der Waals surface area contributed by atoms with Crippen LogP contribution < -0.4 is 4.74 Å². The molecule has 0 amide bonds. The van der Waals surface area contributed by atoms with Crippen LogP contribution in [0.4, 0.5) is 0 Å². The van der Waals surface area contributed by atoms with Crippen LogP contribution in [0, 0.1) is 0 Å². The van der Waals surface area contributed by atoms with Crippen molar-refractivity contribution in [1.29, 1.82) is 0 Å². The highest BCUT2D eigenvalue weighted by Gasteiger charge is 2.15. The van der Waals surface area contributed by atoms with E-state index >= 15 is 0 Å². The summed E-state index contributed by atoms with van der Waals surface area (Å²) in [4.78, 5) is 8.12. The van der Waals surface area contributed by atoms with Gasteiger partial charge in [0.05, 0.1) is 24.7 Å². The number of hydrogen-bond donors (Lipinski definition) is 1. The Morgan fingerprint density at radius 3 is 2.80 bits per heavy atom. The summed E-state index contributed by atoms with van der Waals surface area (Å²) in [5.74, 6) is 0.536. The Hall–Kier alpha value is -1.16. The minimum absolute atomic E-state index is 0.0884. The van der Waals surface area contributed by atoms with Crippen LogP contribution in [0.1, 0.15) is 37.8 Å². The number of ether oxygens (including phenoxy) is 1. The van der Waals surface area contributed by atoms with E-state index in [1.54, 1.807) is 12.4 Å². The fourth-order valence-corrected chi connectivity index (χ4v) is 1.87. The highest BCUT2D eigenvalue weighted by molar-refractivity contribution is 5.08. The first-order chi connectivity index (χ1) is 7.38. The Bertz CT molecular complexity index is 311. The Morgan fingerprint density at radius 1 is 1.27 bits per heavy atom. The maximum atomic E-state index is 8.91. The fraction of sp³-hybridized carbons (Fsp3) is 0.636. The lowest BCUT2D eigenvalue weighted by Gasteiger charge is -2.22. The summed E-state index contributed by atoms with van der Waals surface area (Å²) in [6.45, 7) is -0.0884. The monoisotopic (exact) mass is 208 g/mol. The van der Waals surface area contributed by atoms with Gasteiger partial charge in [0, 0.05) is 0 Å². The van der Waals surface area contributed by atoms with Gasteiger partial charge in [-0.15, -0.1) is 0 Å². The van der Waals surface area contributed by atoms with Gasteiger partial charge in [-0.05, 0) is 25.7 Å². The molecule has 2 rings (SSSR count). The summed E-state index contributed by atoms with van der Waals surface area (Å²) in [5.41, 5.74) is 0.559. The number of hydrogen-bond acceptors (Lipinski definition) is 4. The van der Waals surface area contributed by atoms with Crippen LogP contribution >= 0.6 is 0 Å². The third kappa shape index (κ3) is 2.89. The molecule has 0 aliphatic heterocycles. The summed E-state index contributed by atoms with van der Waals surface area (Å²) in [6, 6.07) is 0. The van der Waals surface area contributed by atoms with Gasteiger partial charge in [0.25, 0.3) is 0 Å². The van der Waals surface area contributed by atoms with Gasteiger partial charge in [-0.1, -0.05) is 6.42 Å². The largest absolute Gasteiger partial charge is 0.473 e. The first-order valence-electron chi connectivity index (χ1n) is 5.47. The van der Waals surface area contributed by atoms with Crippen LogP contribution in [0.15, 0.2) is 12.4 Å². The van der Waals surface area contributed by atoms with Crippen LogP contribution in [0.25, 0.3) is 0 Å². The van der Waals surface area contributed by atoms with Crippen LogP contribution in [-0.4, -0.2) is 21.2 Å². The zero-order valence-corrected chi connectivity index (χ0v) is 8.72. The molecule has 0 spiro atoms. The molecule has 1 aliphatic carbocycles. The van der Waals surface area contributed by atoms with Crippen LogP contribution in [0.5, 0.6) is 5.88 Å². The molecule has 0 unspecified atom stereocenters. The van der Waals surface area contributed by atoms with Gasteiger partial charge in [-0.2, -0.15) is 0 Å². The second-order valence-electron chi connectivity index (χ2n) is 3.88. The van der Waals surface area contributed by atoms with E-state index < -0.39 is 0 Å². The lowest BCUT2D eigenvalue weighted by molar-refractivity contribution is 0.146. The lowest BCUT2D eigenvalue weighted by Crippen LogP contribution is -2.20. The van der Waals surface area contributed by atoms with Gasteiger partial charge in [0.15, 0.2) is 0 Å². The van der Waals surface area contributed by atoms with Crippen molar-refractivity contribution in [1.82, 2.24) is 9.97 Å². The Kier molecular flexibility index (Phi) is 3.50. The maximum Gasteiger partial charge on any atom is 0.232 e. The summed E-state index contributed by atoms with van der Waals surface area (Å²) >= 11 is 0. The van der Waals surface area contributed by atoms with Gasteiger partial charge in [0.1, 0.15) is 6.10 Å². The molecule has 1 aromatic heterocycles. The zero-order chi connectivity index (χ0) is 10.5. The van der Waals surface area contributed by atoms with Crippen molar-refractivity contribution in [3.05, 3.63) is 18.1 Å². The molecular formula is C11H16N2O2. The predicted octanol–water partition coefficient (Wildman–Crippen LogP) is 1.68. The topological polar surface area (TPSA) is 55.2 Å². The van der Waals surface area contributed by atoms with E-state index in [9.17, 15) is 0 Å². The average molecular weight is 208 g/mol. The molecule has 4 heteroatoms. The number of aliphatic hydroxyl groups is 1. The van der Waals surface area contributed by atoms with E-state index in [4.69, 9.17) is 9.84 Å². The summed E-state index contributed by atoms with van der Waals surface area (Å²) in [5, 5.41) is 8.91. The molecule has 0 bridgehead atoms. The highest BCUT2D eigenvalue weighted by Crippen LogP contribution is 2.21. The predicted molar refractivity (Wildman–Crippen MR) is 55.5 cm³/mol. The second-order valence-corrected chi connectivity index (χ2v) is 3.88. The third-order valence-electron chi connectivity index (χ3n) is 2.66. The molecule has 0 atom stereocenters. The molecule has 0 saturated heterocycles. The van der Waals surface area contributed by atoms with Crippen molar-refractivity contribution < 1.29 is 9.84 Å². The second kappa shape index (κ2) is 5.07. The Morgan fingerprint density at radius 2 is 2.07 bits per heavy atom. The first kappa shape index (κ1) is 10.4. The zero-order valence-electron chi connectivity index (χ0n) is 8.72. The quantitative estimate of drug-likeness (QED) is 0.821. The molecular weight excluding hydrogens is 192 g/mol. The maximum absolute atomic E-state index is 8.91. The third-order valence-corrected chi connectivity index (χ3v) is 2.66. The number of rotatable bonds is 3. The van der Waals surface area contributed by atoms with Gasteiger partial charge in [0.2, 0.25) is 5.88 Å². The van der Waals surface area contributed by atoms with Crippen molar-refractivity contribution >= 4 is 0 Å². The average Bonchev–Trinajstić information content (AvgIpc) is 2.31. The number of nitrogens with zero attached hydrogens (tertiary/aromatic N) is 2. The fourth-order valence-electron chi connectivity index (χ4n) is 1.87. The molecule has 4 nitrogen and oxygen atoms in total. The lowest BCUT2D eigenvalue weighted by atomic mass is 9.98. The van der Waals surface area contributed by atoms with Gasteiger partial charge in [-0.3, -0.25) is 4.98 Å². The van der Waals surface area contributed by atoms with E-state index in [-0.39, 0.29) is 12.7 Å². The van der Waals surface area contributed by atoms with Gasteiger partial charge in [-0.25, -0.2) is 4.98 Å². The molecule has 1 fully saturated rings. The van der Waals surface area contributed by atoms with E-state index in [1.165, 1.54) is 19.3 Å². The molecule has 0 aromatic carbocycles. The van der Waals surface area contributed by atoms with Crippen LogP contribution in [0.3, 0.4) is 0 Å². The highest BCUT2D eigenvalue weighted by atomic mass is 16.5. The van der Waals surface area contributed by atoms with Crippen molar-refractivity contribution in [2.45, 2.75) is 44.8 Å². The van der Waals surface area contributed by atoms with Crippen molar-refractivity contribution in [2.75, 3.05) is 0 Å². The molecule has 1 heterocycles. The molecule has 0 radical (unpaired) electrons. The minimum atomic E-state index is -0.0884. The van der Waals surface area contributed by atoms with E-state index in [2.05, 4.69) is 9.97 Å². The summed E-state index contributed by atoms with van der Waals surface area (Å²) < 4.78 is 5.71. The number of aliphatic hydroxyl groups excluding tert-OH is 1. The summed E-state index contributed by atoms with van der Waals surface area (Å²) in [6.07, 6.45) is 9.41. The first-order valence-corrected chi connectivity index (χ1v) is 5.47. The molecule has 15 heavy (non-hydrogen) atoms. The van der Waals surface area contributed by atoms with Crippen LogP contribution in [-0.2, 0) is 6.61 Å². The number of aromatic nitrogens is 2. The molecule has 1 saturated carbocycles. The smallest absolute Gasteiger partial charge is 0.232 e. The molecule has 82 valence electrons. The Balaban J connectivity index is 1.96. The van der Waals surface area contributed by atoms with Crippen molar-refractivity contribution in [3.63, 3.8) is 0 Å². The molecule has 1 aromatic rings. The Labute approximate surface area is 89.3 Å². The minimum Gasteiger partial charge on any atom is -0.473 e. The standard InChI is InChI=1S/C11H16N2O2/c14-8-9-6-12-7-11(13-9)15-10-4-2-1-3-5-10/h6-7,10,14H,1-5,8H2. The van der Waals surface area contributed by atoms with Crippen molar-refractivity contribution in [2.24, 2.45) is 0 Å². The normalized spacial score (nSPS) is 17.7. The van der Waals surface area contributed by atoms with Gasteiger partial charge >= 0.3 is 0 Å². The van der Waals surface area contributed by atoms with Crippen LogP contribution in [0.2, 0.25) is 0 Å². The summed E-state index contributed by atoms with van der Waals surface area (Å²) in [7, 11) is 0.